The molecule has 0 aromatic carbocycles. The van der Waals surface area contributed by atoms with E-state index in [0.717, 1.165) is 4.88 Å². The van der Waals surface area contributed by atoms with Crippen molar-refractivity contribution in [3.8, 4) is 0 Å². The first-order chi connectivity index (χ1) is 11.7. The second kappa shape index (κ2) is 7.13. The molecule has 9 heteroatoms. The van der Waals surface area contributed by atoms with Crippen molar-refractivity contribution in [3.05, 3.63) is 11.1 Å². The molecular weight excluding hydrogens is 350 g/mol. The van der Waals surface area contributed by atoms with E-state index in [1.165, 1.54) is 16.2 Å². The number of thiazole rings is 1. The number of aromatic nitrogens is 1. The van der Waals surface area contributed by atoms with Crippen molar-refractivity contribution in [2.75, 3.05) is 31.9 Å². The highest BCUT2D eigenvalue weighted by Crippen LogP contribution is 2.36. The molecule has 25 heavy (non-hydrogen) atoms. The highest BCUT2D eigenvalue weighted by Gasteiger charge is 2.43. The number of hydrogen-bond acceptors (Lipinski definition) is 6. The first-order valence-electron chi connectivity index (χ1n) is 8.50. The average molecular weight is 374 g/mol. The van der Waals surface area contributed by atoms with Gasteiger partial charge in [-0.05, 0) is 13.8 Å². The lowest BCUT2D eigenvalue weighted by Gasteiger charge is -2.42. The van der Waals surface area contributed by atoms with Crippen molar-refractivity contribution in [2.45, 2.75) is 50.9 Å². The third-order valence-corrected chi connectivity index (χ3v) is 5.53. The smallest absolute Gasteiger partial charge is 0.265 e. The first-order valence-corrected chi connectivity index (χ1v) is 9.31. The van der Waals surface area contributed by atoms with Gasteiger partial charge < -0.3 is 15.4 Å². The number of piperidine rings is 1. The van der Waals surface area contributed by atoms with Gasteiger partial charge in [-0.2, -0.15) is 0 Å². The van der Waals surface area contributed by atoms with Crippen molar-refractivity contribution in [1.29, 1.82) is 0 Å². The van der Waals surface area contributed by atoms with Crippen LogP contribution in [0.2, 0.25) is 0 Å². The molecule has 2 N–H and O–H groups in total. The molecule has 6 nitrogen and oxygen atoms in total. The van der Waals surface area contributed by atoms with Crippen molar-refractivity contribution in [1.82, 2.24) is 14.8 Å². The van der Waals surface area contributed by atoms with E-state index in [1.54, 1.807) is 6.20 Å². The van der Waals surface area contributed by atoms with Crippen LogP contribution in [0.25, 0.3) is 0 Å². The van der Waals surface area contributed by atoms with E-state index < -0.39 is 18.5 Å². The Morgan fingerprint density at radius 3 is 2.72 bits per heavy atom. The van der Waals surface area contributed by atoms with Crippen LogP contribution in [0, 0.1) is 0 Å². The minimum Gasteiger partial charge on any atom is -0.375 e. The third kappa shape index (κ3) is 4.45. The number of nitrogens with two attached hydrogens (primary N) is 1. The zero-order chi connectivity index (χ0) is 18.2. The number of nitrogen functional groups attached to an aromatic ring is 1. The van der Waals surface area contributed by atoms with Crippen LogP contribution in [0.1, 0.15) is 37.6 Å². The standard InChI is InChI=1S/C16H24F2N4O2S/c1-10-6-21(7-11(2)24-10)8-12(13-5-20-15(19)25-13)22-9-16(17,18)4-3-14(22)23/h5,10-12H,3-4,6-9H2,1-2H3,(H2,19,20)/t10-,11-,12?/m0/s1. The second-order valence-corrected chi connectivity index (χ2v) is 8.06. The van der Waals surface area contributed by atoms with Gasteiger partial charge in [0.2, 0.25) is 5.91 Å². The molecule has 1 aromatic heterocycles. The summed E-state index contributed by atoms with van der Waals surface area (Å²) in [5, 5.41) is 0.375. The van der Waals surface area contributed by atoms with Crippen LogP contribution >= 0.6 is 11.3 Å². The summed E-state index contributed by atoms with van der Waals surface area (Å²) in [6.07, 6.45) is 1.21. The molecule has 2 aliphatic rings. The zero-order valence-corrected chi connectivity index (χ0v) is 15.3. The number of hydrogen-bond donors (Lipinski definition) is 1. The van der Waals surface area contributed by atoms with Crippen LogP contribution in [0.4, 0.5) is 13.9 Å². The molecule has 0 radical (unpaired) electrons. The first kappa shape index (κ1) is 18.5. The quantitative estimate of drug-likeness (QED) is 0.874. The highest BCUT2D eigenvalue weighted by atomic mass is 32.1. The Kier molecular flexibility index (Phi) is 5.26. The van der Waals surface area contributed by atoms with E-state index in [0.29, 0.717) is 24.8 Å². The van der Waals surface area contributed by atoms with Crippen LogP contribution in [-0.2, 0) is 9.53 Å². The van der Waals surface area contributed by atoms with Gasteiger partial charge in [-0.1, -0.05) is 0 Å². The van der Waals surface area contributed by atoms with Crippen LogP contribution in [0.3, 0.4) is 0 Å². The molecule has 0 aliphatic carbocycles. The number of halogens is 2. The van der Waals surface area contributed by atoms with Crippen LogP contribution in [0.15, 0.2) is 6.20 Å². The van der Waals surface area contributed by atoms with Crippen molar-refractivity contribution >= 4 is 22.4 Å². The Bertz CT molecular complexity index is 617. The minimum atomic E-state index is -2.85. The summed E-state index contributed by atoms with van der Waals surface area (Å²) in [7, 11) is 0. The number of nitrogens with zero attached hydrogens (tertiary/aromatic N) is 3. The topological polar surface area (TPSA) is 71.7 Å². The average Bonchev–Trinajstić information content (AvgIpc) is 2.93. The molecule has 140 valence electrons. The molecular formula is C16H24F2N4O2S. The van der Waals surface area contributed by atoms with Gasteiger partial charge in [0.25, 0.3) is 5.92 Å². The van der Waals surface area contributed by atoms with Crippen molar-refractivity contribution in [3.63, 3.8) is 0 Å². The van der Waals surface area contributed by atoms with Gasteiger partial charge in [0.05, 0.1) is 29.7 Å². The molecule has 3 atom stereocenters. The maximum absolute atomic E-state index is 13.9. The number of anilines is 1. The van der Waals surface area contributed by atoms with E-state index >= 15 is 0 Å². The number of ether oxygens (including phenoxy) is 1. The third-order valence-electron chi connectivity index (χ3n) is 4.60. The van der Waals surface area contributed by atoms with Gasteiger partial charge in [0, 0.05) is 38.7 Å². The summed E-state index contributed by atoms with van der Waals surface area (Å²) in [5.74, 6) is -3.09. The summed E-state index contributed by atoms with van der Waals surface area (Å²) < 4.78 is 33.6. The molecule has 0 bridgehead atoms. The van der Waals surface area contributed by atoms with Gasteiger partial charge in [0.1, 0.15) is 0 Å². The number of likely N-dealkylation sites (tertiary alicyclic amines) is 1. The van der Waals surface area contributed by atoms with E-state index in [4.69, 9.17) is 10.5 Å². The van der Waals surface area contributed by atoms with E-state index in [-0.39, 0.29) is 31.0 Å². The summed E-state index contributed by atoms with van der Waals surface area (Å²) in [5.41, 5.74) is 5.73. The summed E-state index contributed by atoms with van der Waals surface area (Å²) in [6.45, 7) is 5.30. The van der Waals surface area contributed by atoms with Gasteiger partial charge in [-0.15, -0.1) is 11.3 Å². The van der Waals surface area contributed by atoms with Gasteiger partial charge >= 0.3 is 0 Å². The van der Waals surface area contributed by atoms with E-state index in [2.05, 4.69) is 9.88 Å². The lowest BCUT2D eigenvalue weighted by Crippen LogP contribution is -2.53. The normalized spacial score (nSPS) is 29.0. The SMILES string of the molecule is C[C@H]1CN(CC(c2cnc(N)s2)N2CC(F)(F)CCC2=O)C[C@H](C)O1. The van der Waals surface area contributed by atoms with Crippen LogP contribution in [-0.4, -0.2) is 65.0 Å². The molecule has 0 spiro atoms. The fourth-order valence-corrected chi connectivity index (χ4v) is 4.40. The Hall–Kier alpha value is -1.32. The zero-order valence-electron chi connectivity index (χ0n) is 14.5. The Labute approximate surface area is 149 Å². The molecule has 3 rings (SSSR count). The number of carbonyl (C=O) groups excluding carboxylic acids is 1. The Morgan fingerprint density at radius 2 is 2.12 bits per heavy atom. The lowest BCUT2D eigenvalue weighted by atomic mass is 10.0. The number of rotatable bonds is 4. The Balaban J connectivity index is 1.83. The molecule has 2 saturated heterocycles. The molecule has 0 saturated carbocycles. The number of morpholine rings is 1. The molecule has 2 fully saturated rings. The molecule has 1 unspecified atom stereocenters. The predicted molar refractivity (Wildman–Crippen MR) is 91.6 cm³/mol. The van der Waals surface area contributed by atoms with Crippen LogP contribution in [0.5, 0.6) is 0 Å². The molecule has 1 aromatic rings. The van der Waals surface area contributed by atoms with Gasteiger partial charge in [0.15, 0.2) is 5.13 Å². The van der Waals surface area contributed by atoms with E-state index in [9.17, 15) is 13.6 Å². The monoisotopic (exact) mass is 374 g/mol. The molecule has 1 amide bonds. The summed E-state index contributed by atoms with van der Waals surface area (Å²) in [6, 6.07) is -0.467. The number of alkyl halides is 2. The molecule has 3 heterocycles. The van der Waals surface area contributed by atoms with Gasteiger partial charge in [-0.25, -0.2) is 13.8 Å². The summed E-state index contributed by atoms with van der Waals surface area (Å²) in [4.78, 5) is 20.6. The summed E-state index contributed by atoms with van der Waals surface area (Å²) >= 11 is 1.25. The largest absolute Gasteiger partial charge is 0.375 e. The maximum atomic E-state index is 13.9. The fraction of sp³-hybridized carbons (Fsp3) is 0.750. The second-order valence-electron chi connectivity index (χ2n) is 6.97. The number of carbonyl (C=O) groups is 1. The van der Waals surface area contributed by atoms with Crippen molar-refractivity contribution < 1.29 is 18.3 Å². The van der Waals surface area contributed by atoms with Crippen molar-refractivity contribution in [2.24, 2.45) is 0 Å². The predicted octanol–water partition coefficient (Wildman–Crippen LogP) is 2.13. The van der Waals surface area contributed by atoms with Gasteiger partial charge in [-0.3, -0.25) is 9.69 Å². The lowest BCUT2D eigenvalue weighted by molar-refractivity contribution is -0.153. The highest BCUT2D eigenvalue weighted by molar-refractivity contribution is 7.15. The van der Waals surface area contributed by atoms with E-state index in [1.807, 2.05) is 13.8 Å². The Morgan fingerprint density at radius 1 is 1.44 bits per heavy atom. The number of amides is 1. The minimum absolute atomic E-state index is 0.0643. The fourth-order valence-electron chi connectivity index (χ4n) is 3.61. The van der Waals surface area contributed by atoms with Crippen LogP contribution < -0.4 is 5.73 Å². The maximum Gasteiger partial charge on any atom is 0.265 e. The molecule has 2 aliphatic heterocycles.